The molecular formula is C17H26N2O3. The Labute approximate surface area is 132 Å². The topological polar surface area (TPSA) is 78.4 Å². The summed E-state index contributed by atoms with van der Waals surface area (Å²) >= 11 is 0. The lowest BCUT2D eigenvalue weighted by Gasteiger charge is -2.19. The number of carbonyl (C=O) groups excluding carboxylic acids is 1. The Kier molecular flexibility index (Phi) is 7.43. The number of nitrogens with one attached hydrogen (secondary N) is 2. The average molecular weight is 306 g/mol. The monoisotopic (exact) mass is 306 g/mol. The summed E-state index contributed by atoms with van der Waals surface area (Å²) < 4.78 is 0. The lowest BCUT2D eigenvalue weighted by Crippen LogP contribution is -2.48. The van der Waals surface area contributed by atoms with Crippen molar-refractivity contribution in [3.05, 3.63) is 35.9 Å². The molecule has 1 unspecified atom stereocenters. The minimum Gasteiger partial charge on any atom is -0.480 e. The van der Waals surface area contributed by atoms with E-state index in [1.54, 1.807) is 0 Å². The van der Waals surface area contributed by atoms with E-state index in [4.69, 9.17) is 5.11 Å². The van der Waals surface area contributed by atoms with Crippen LogP contribution < -0.4 is 10.6 Å². The van der Waals surface area contributed by atoms with Gasteiger partial charge in [0.15, 0.2) is 0 Å². The highest BCUT2D eigenvalue weighted by atomic mass is 16.4. The third-order valence-electron chi connectivity index (χ3n) is 3.40. The molecule has 122 valence electrons. The second kappa shape index (κ2) is 9.07. The molecule has 0 aliphatic heterocycles. The van der Waals surface area contributed by atoms with Crippen LogP contribution in [-0.2, 0) is 11.2 Å². The highest BCUT2D eigenvalue weighted by Crippen LogP contribution is 2.06. The molecule has 1 rings (SSSR count). The fraction of sp³-hybridized carbons (Fsp3) is 0.529. The summed E-state index contributed by atoms with van der Waals surface area (Å²) in [4.78, 5) is 23.0. The molecule has 0 heterocycles. The van der Waals surface area contributed by atoms with Gasteiger partial charge in [0.05, 0.1) is 0 Å². The molecule has 3 N–H and O–H groups in total. The van der Waals surface area contributed by atoms with Crippen LogP contribution in [0.25, 0.3) is 0 Å². The molecular weight excluding hydrogens is 280 g/mol. The van der Waals surface area contributed by atoms with Gasteiger partial charge in [0, 0.05) is 6.04 Å². The van der Waals surface area contributed by atoms with Crippen molar-refractivity contribution in [1.82, 2.24) is 10.6 Å². The van der Waals surface area contributed by atoms with E-state index >= 15 is 0 Å². The molecule has 0 fully saturated rings. The summed E-state index contributed by atoms with van der Waals surface area (Å²) in [7, 11) is 0. The summed E-state index contributed by atoms with van der Waals surface area (Å²) in [6, 6.07) is 8.77. The van der Waals surface area contributed by atoms with Crippen molar-refractivity contribution >= 4 is 12.0 Å². The maximum Gasteiger partial charge on any atom is 0.326 e. The Morgan fingerprint density at radius 1 is 1.09 bits per heavy atom. The molecule has 0 aliphatic rings. The molecule has 0 saturated carbocycles. The summed E-state index contributed by atoms with van der Waals surface area (Å²) in [5.74, 6) is -0.794. The van der Waals surface area contributed by atoms with Gasteiger partial charge in [-0.2, -0.15) is 0 Å². The molecule has 0 spiro atoms. The molecule has 22 heavy (non-hydrogen) atoms. The van der Waals surface area contributed by atoms with Gasteiger partial charge in [0.1, 0.15) is 6.04 Å². The normalized spacial score (nSPS) is 13.5. The van der Waals surface area contributed by atoms with Gasteiger partial charge in [-0.25, -0.2) is 9.59 Å². The number of benzene rings is 1. The van der Waals surface area contributed by atoms with Crippen molar-refractivity contribution < 1.29 is 14.7 Å². The predicted molar refractivity (Wildman–Crippen MR) is 86.8 cm³/mol. The second-order valence-electron chi connectivity index (χ2n) is 6.06. The first-order valence-corrected chi connectivity index (χ1v) is 7.72. The Morgan fingerprint density at radius 2 is 1.73 bits per heavy atom. The highest BCUT2D eigenvalue weighted by molar-refractivity contribution is 5.82. The molecule has 5 heteroatoms. The number of rotatable bonds is 8. The maximum absolute atomic E-state index is 11.9. The largest absolute Gasteiger partial charge is 0.480 e. The van der Waals surface area contributed by atoms with Gasteiger partial charge < -0.3 is 15.7 Å². The van der Waals surface area contributed by atoms with Gasteiger partial charge in [-0.3, -0.25) is 0 Å². The molecule has 1 aromatic rings. The van der Waals surface area contributed by atoms with Crippen LogP contribution in [0.1, 0.15) is 39.2 Å². The van der Waals surface area contributed by atoms with Gasteiger partial charge in [-0.05, 0) is 37.7 Å². The minimum atomic E-state index is -0.999. The first-order chi connectivity index (χ1) is 10.4. The molecule has 0 saturated heterocycles. The van der Waals surface area contributed by atoms with Crippen molar-refractivity contribution in [2.45, 2.75) is 52.1 Å². The number of aryl methyl sites for hydroxylation is 1. The lowest BCUT2D eigenvalue weighted by molar-refractivity contribution is -0.139. The molecule has 1 aromatic carbocycles. The van der Waals surface area contributed by atoms with E-state index in [0.29, 0.717) is 6.42 Å². The molecule has 0 radical (unpaired) electrons. The Bertz CT molecular complexity index is 474. The van der Waals surface area contributed by atoms with Gasteiger partial charge in [-0.1, -0.05) is 44.2 Å². The zero-order chi connectivity index (χ0) is 16.5. The van der Waals surface area contributed by atoms with Crippen molar-refractivity contribution in [3.8, 4) is 0 Å². The number of amides is 2. The number of urea groups is 1. The van der Waals surface area contributed by atoms with E-state index in [-0.39, 0.29) is 12.0 Å². The Morgan fingerprint density at radius 3 is 2.27 bits per heavy atom. The van der Waals surface area contributed by atoms with Gasteiger partial charge in [0.2, 0.25) is 0 Å². The summed E-state index contributed by atoms with van der Waals surface area (Å²) in [6.07, 6.45) is 2.09. The van der Waals surface area contributed by atoms with Crippen LogP contribution in [0.3, 0.4) is 0 Å². The lowest BCUT2D eigenvalue weighted by atomic mass is 10.0. The van der Waals surface area contributed by atoms with E-state index in [1.807, 2.05) is 39.0 Å². The third kappa shape index (κ3) is 7.11. The van der Waals surface area contributed by atoms with Crippen LogP contribution in [-0.4, -0.2) is 29.2 Å². The SMILES string of the molecule is CC(C)C[C@H](NC(=O)NC(C)CCc1ccccc1)C(=O)O. The number of hydrogen-bond acceptors (Lipinski definition) is 2. The van der Waals surface area contributed by atoms with E-state index in [2.05, 4.69) is 22.8 Å². The fourth-order valence-electron chi connectivity index (χ4n) is 2.22. The minimum absolute atomic E-state index is 0.0197. The van der Waals surface area contributed by atoms with Crippen molar-refractivity contribution in [1.29, 1.82) is 0 Å². The number of aliphatic carboxylic acids is 1. The van der Waals surface area contributed by atoms with Crippen LogP contribution in [0.5, 0.6) is 0 Å². The van der Waals surface area contributed by atoms with Crippen molar-refractivity contribution in [3.63, 3.8) is 0 Å². The fourth-order valence-corrected chi connectivity index (χ4v) is 2.22. The Balaban J connectivity index is 2.38. The average Bonchev–Trinajstić information content (AvgIpc) is 2.45. The zero-order valence-electron chi connectivity index (χ0n) is 13.5. The van der Waals surface area contributed by atoms with Gasteiger partial charge in [-0.15, -0.1) is 0 Å². The zero-order valence-corrected chi connectivity index (χ0v) is 13.5. The molecule has 2 amide bonds. The van der Waals surface area contributed by atoms with E-state index in [9.17, 15) is 9.59 Å². The number of carbonyl (C=O) groups is 2. The first kappa shape index (κ1) is 18.0. The number of hydrogen-bond donors (Lipinski definition) is 3. The van der Waals surface area contributed by atoms with E-state index in [0.717, 1.165) is 12.8 Å². The second-order valence-corrected chi connectivity index (χ2v) is 6.06. The maximum atomic E-state index is 11.9. The van der Waals surface area contributed by atoms with Crippen LogP contribution in [0.15, 0.2) is 30.3 Å². The predicted octanol–water partition coefficient (Wildman–Crippen LogP) is 2.81. The molecule has 0 bridgehead atoms. The quantitative estimate of drug-likeness (QED) is 0.691. The number of carboxylic acids is 1. The molecule has 2 atom stereocenters. The Hall–Kier alpha value is -2.04. The van der Waals surface area contributed by atoms with Crippen LogP contribution in [0.2, 0.25) is 0 Å². The third-order valence-corrected chi connectivity index (χ3v) is 3.40. The number of carboxylic acid groups (broad SMARTS) is 1. The standard InChI is InChI=1S/C17H26N2O3/c1-12(2)11-15(16(20)21)19-17(22)18-13(3)9-10-14-7-5-4-6-8-14/h4-8,12-13,15H,9-11H2,1-3H3,(H,20,21)(H2,18,19,22)/t13?,15-/m0/s1. The summed E-state index contributed by atoms with van der Waals surface area (Å²) in [5, 5.41) is 14.4. The summed E-state index contributed by atoms with van der Waals surface area (Å²) in [5.41, 5.74) is 1.22. The highest BCUT2D eigenvalue weighted by Gasteiger charge is 2.21. The van der Waals surface area contributed by atoms with Crippen LogP contribution in [0, 0.1) is 5.92 Å². The van der Waals surface area contributed by atoms with Crippen LogP contribution >= 0.6 is 0 Å². The molecule has 0 aromatic heterocycles. The van der Waals surface area contributed by atoms with Gasteiger partial charge in [0.25, 0.3) is 0 Å². The summed E-state index contributed by atoms with van der Waals surface area (Å²) in [6.45, 7) is 5.77. The van der Waals surface area contributed by atoms with E-state index in [1.165, 1.54) is 5.56 Å². The van der Waals surface area contributed by atoms with E-state index < -0.39 is 18.0 Å². The smallest absolute Gasteiger partial charge is 0.326 e. The van der Waals surface area contributed by atoms with Crippen LogP contribution in [0.4, 0.5) is 4.79 Å². The molecule has 5 nitrogen and oxygen atoms in total. The van der Waals surface area contributed by atoms with Gasteiger partial charge >= 0.3 is 12.0 Å². The van der Waals surface area contributed by atoms with Crippen molar-refractivity contribution in [2.75, 3.05) is 0 Å². The first-order valence-electron chi connectivity index (χ1n) is 7.72. The molecule has 0 aliphatic carbocycles. The van der Waals surface area contributed by atoms with Crippen molar-refractivity contribution in [2.24, 2.45) is 5.92 Å².